The molecule has 3 heteroatoms. The number of carbonyl (C=O) groups is 1. The van der Waals surface area contributed by atoms with Gasteiger partial charge < -0.3 is 10.4 Å². The second-order valence-electron chi connectivity index (χ2n) is 7.10. The summed E-state index contributed by atoms with van der Waals surface area (Å²) in [5.41, 5.74) is 0.847. The molecule has 1 aliphatic carbocycles. The van der Waals surface area contributed by atoms with Crippen LogP contribution in [0.15, 0.2) is 30.3 Å². The molecule has 2 rings (SSSR count). The molecule has 4 atom stereocenters. The van der Waals surface area contributed by atoms with E-state index in [0.29, 0.717) is 24.3 Å². The van der Waals surface area contributed by atoms with Gasteiger partial charge in [0.05, 0.1) is 6.10 Å². The van der Waals surface area contributed by atoms with Crippen LogP contribution < -0.4 is 5.32 Å². The van der Waals surface area contributed by atoms with Crippen molar-refractivity contribution in [1.82, 2.24) is 5.32 Å². The highest BCUT2D eigenvalue weighted by Crippen LogP contribution is 2.38. The van der Waals surface area contributed by atoms with E-state index in [-0.39, 0.29) is 11.8 Å². The Labute approximate surface area is 134 Å². The van der Waals surface area contributed by atoms with E-state index in [9.17, 15) is 9.90 Å². The lowest BCUT2D eigenvalue weighted by molar-refractivity contribution is -0.129. The van der Waals surface area contributed by atoms with Gasteiger partial charge in [0.25, 0.3) is 0 Å². The maximum Gasteiger partial charge on any atom is 0.223 e. The average molecular weight is 303 g/mol. The minimum Gasteiger partial charge on any atom is -0.387 e. The topological polar surface area (TPSA) is 49.3 Å². The largest absolute Gasteiger partial charge is 0.387 e. The molecule has 3 nitrogen and oxygen atoms in total. The number of rotatable bonds is 5. The van der Waals surface area contributed by atoms with Crippen LogP contribution in [0.5, 0.6) is 0 Å². The Morgan fingerprint density at radius 3 is 2.59 bits per heavy atom. The molecule has 0 saturated heterocycles. The molecule has 1 amide bonds. The van der Waals surface area contributed by atoms with E-state index < -0.39 is 6.10 Å². The number of benzene rings is 1. The maximum atomic E-state index is 12.6. The third-order valence-corrected chi connectivity index (χ3v) is 5.01. The van der Waals surface area contributed by atoms with Crippen molar-refractivity contribution in [2.75, 3.05) is 6.54 Å². The summed E-state index contributed by atoms with van der Waals surface area (Å²) in [4.78, 5) is 12.6. The first-order valence-electron chi connectivity index (χ1n) is 8.49. The molecule has 1 saturated carbocycles. The maximum absolute atomic E-state index is 12.6. The van der Waals surface area contributed by atoms with Crippen molar-refractivity contribution in [3.05, 3.63) is 35.9 Å². The third-order valence-electron chi connectivity index (χ3n) is 5.01. The molecule has 122 valence electrons. The van der Waals surface area contributed by atoms with E-state index >= 15 is 0 Å². The Kier molecular flexibility index (Phi) is 6.01. The Bertz CT molecular complexity index is 472. The number of aliphatic hydroxyl groups excluding tert-OH is 1. The summed E-state index contributed by atoms with van der Waals surface area (Å²) in [5.74, 6) is 1.81. The van der Waals surface area contributed by atoms with Crippen LogP contribution >= 0.6 is 0 Å². The van der Waals surface area contributed by atoms with E-state index in [1.165, 1.54) is 6.42 Å². The van der Waals surface area contributed by atoms with Gasteiger partial charge in [0.1, 0.15) is 0 Å². The number of amides is 1. The predicted molar refractivity (Wildman–Crippen MR) is 89.2 cm³/mol. The standard InChI is InChI=1S/C19H29NO2/c1-13(2)16-10-9-14(3)11-17(16)19(22)20-12-18(21)15-7-5-4-6-8-15/h4-8,13-14,16-18,21H,9-12H2,1-3H3,(H,20,22)/t14?,16?,17?,18-/m1/s1. The average Bonchev–Trinajstić information content (AvgIpc) is 2.52. The van der Waals surface area contributed by atoms with Crippen molar-refractivity contribution in [2.24, 2.45) is 23.7 Å². The minimum absolute atomic E-state index is 0.0896. The van der Waals surface area contributed by atoms with Gasteiger partial charge in [0.2, 0.25) is 5.91 Å². The van der Waals surface area contributed by atoms with Crippen molar-refractivity contribution >= 4 is 5.91 Å². The second-order valence-corrected chi connectivity index (χ2v) is 7.10. The molecule has 0 radical (unpaired) electrons. The van der Waals surface area contributed by atoms with Crippen LogP contribution in [0.2, 0.25) is 0 Å². The number of aliphatic hydroxyl groups is 1. The molecular weight excluding hydrogens is 274 g/mol. The van der Waals surface area contributed by atoms with Gasteiger partial charge in [-0.3, -0.25) is 4.79 Å². The summed E-state index contributed by atoms with van der Waals surface area (Å²) in [6.45, 7) is 6.94. The molecule has 0 bridgehead atoms. The fourth-order valence-corrected chi connectivity index (χ4v) is 3.63. The van der Waals surface area contributed by atoms with Gasteiger partial charge in [-0.25, -0.2) is 0 Å². The molecule has 1 aromatic rings. The molecule has 1 aliphatic rings. The van der Waals surface area contributed by atoms with Crippen LogP contribution in [-0.4, -0.2) is 17.6 Å². The molecule has 1 fully saturated rings. The zero-order valence-corrected chi connectivity index (χ0v) is 14.0. The van der Waals surface area contributed by atoms with Gasteiger partial charge in [-0.2, -0.15) is 0 Å². The van der Waals surface area contributed by atoms with Gasteiger partial charge >= 0.3 is 0 Å². The molecule has 0 heterocycles. The molecular formula is C19H29NO2. The summed E-state index contributed by atoms with van der Waals surface area (Å²) < 4.78 is 0. The zero-order chi connectivity index (χ0) is 16.1. The Morgan fingerprint density at radius 1 is 1.27 bits per heavy atom. The van der Waals surface area contributed by atoms with Gasteiger partial charge in [0, 0.05) is 12.5 Å². The Balaban J connectivity index is 1.92. The minimum atomic E-state index is -0.635. The van der Waals surface area contributed by atoms with E-state index in [0.717, 1.165) is 18.4 Å². The number of hydrogen-bond acceptors (Lipinski definition) is 2. The fraction of sp³-hybridized carbons (Fsp3) is 0.632. The number of carbonyl (C=O) groups excluding carboxylic acids is 1. The van der Waals surface area contributed by atoms with Crippen molar-refractivity contribution in [3.63, 3.8) is 0 Å². The predicted octanol–water partition coefficient (Wildman–Crippen LogP) is 3.54. The van der Waals surface area contributed by atoms with Crippen molar-refractivity contribution in [3.8, 4) is 0 Å². The first-order valence-corrected chi connectivity index (χ1v) is 8.49. The van der Waals surface area contributed by atoms with Crippen LogP contribution in [0.3, 0.4) is 0 Å². The molecule has 0 spiro atoms. The number of nitrogens with one attached hydrogen (secondary N) is 1. The number of hydrogen-bond donors (Lipinski definition) is 2. The smallest absolute Gasteiger partial charge is 0.223 e. The quantitative estimate of drug-likeness (QED) is 0.874. The SMILES string of the molecule is CC1CCC(C(C)C)C(C(=O)NC[C@@H](O)c2ccccc2)C1. The third kappa shape index (κ3) is 4.33. The van der Waals surface area contributed by atoms with E-state index in [2.05, 4.69) is 26.1 Å². The molecule has 2 N–H and O–H groups in total. The van der Waals surface area contributed by atoms with E-state index in [1.807, 2.05) is 30.3 Å². The second kappa shape index (κ2) is 7.77. The zero-order valence-electron chi connectivity index (χ0n) is 14.0. The summed E-state index contributed by atoms with van der Waals surface area (Å²) >= 11 is 0. The van der Waals surface area contributed by atoms with Crippen molar-refractivity contribution in [1.29, 1.82) is 0 Å². The first kappa shape index (κ1) is 17.0. The Hall–Kier alpha value is -1.35. The van der Waals surface area contributed by atoms with Crippen molar-refractivity contribution < 1.29 is 9.90 Å². The molecule has 0 aromatic heterocycles. The lowest BCUT2D eigenvalue weighted by Gasteiger charge is -2.36. The van der Waals surface area contributed by atoms with Gasteiger partial charge in [-0.1, -0.05) is 57.5 Å². The van der Waals surface area contributed by atoms with E-state index in [4.69, 9.17) is 0 Å². The van der Waals surface area contributed by atoms with Crippen LogP contribution in [0.25, 0.3) is 0 Å². The van der Waals surface area contributed by atoms with Crippen LogP contribution in [-0.2, 0) is 4.79 Å². The van der Waals surface area contributed by atoms with Crippen LogP contribution in [0.1, 0.15) is 51.7 Å². The fourth-order valence-electron chi connectivity index (χ4n) is 3.63. The Morgan fingerprint density at radius 2 is 1.95 bits per heavy atom. The van der Waals surface area contributed by atoms with Crippen LogP contribution in [0.4, 0.5) is 0 Å². The molecule has 22 heavy (non-hydrogen) atoms. The summed E-state index contributed by atoms with van der Waals surface area (Å²) in [6.07, 6.45) is 2.69. The van der Waals surface area contributed by atoms with Gasteiger partial charge in [-0.15, -0.1) is 0 Å². The lowest BCUT2D eigenvalue weighted by Crippen LogP contribution is -2.41. The van der Waals surface area contributed by atoms with Crippen LogP contribution in [0, 0.1) is 23.7 Å². The van der Waals surface area contributed by atoms with E-state index in [1.54, 1.807) is 0 Å². The molecule has 3 unspecified atom stereocenters. The summed E-state index contributed by atoms with van der Waals surface area (Å²) in [5, 5.41) is 13.1. The monoisotopic (exact) mass is 303 g/mol. The highest BCUT2D eigenvalue weighted by Gasteiger charge is 2.35. The summed E-state index contributed by atoms with van der Waals surface area (Å²) in [7, 11) is 0. The van der Waals surface area contributed by atoms with Gasteiger partial charge in [0.15, 0.2) is 0 Å². The van der Waals surface area contributed by atoms with Crippen molar-refractivity contribution in [2.45, 2.75) is 46.1 Å². The molecule has 0 aliphatic heterocycles. The molecule has 1 aromatic carbocycles. The highest BCUT2D eigenvalue weighted by molar-refractivity contribution is 5.79. The summed E-state index contributed by atoms with van der Waals surface area (Å²) in [6, 6.07) is 9.49. The van der Waals surface area contributed by atoms with Gasteiger partial charge in [-0.05, 0) is 36.2 Å². The first-order chi connectivity index (χ1) is 10.5. The lowest BCUT2D eigenvalue weighted by atomic mass is 9.70. The highest BCUT2D eigenvalue weighted by atomic mass is 16.3. The normalized spacial score (nSPS) is 26.7.